The number of hydrogen-bond acceptors (Lipinski definition) is 5. The molecule has 0 aliphatic carbocycles. The van der Waals surface area contributed by atoms with E-state index in [0.29, 0.717) is 18.5 Å². The number of rotatable bonds is 4. The van der Waals surface area contributed by atoms with Gasteiger partial charge >= 0.3 is 0 Å². The van der Waals surface area contributed by atoms with E-state index in [1.54, 1.807) is 18.3 Å². The molecule has 0 unspecified atom stereocenters. The number of hydrogen-bond donors (Lipinski definition) is 0. The van der Waals surface area contributed by atoms with Gasteiger partial charge in [0.05, 0.1) is 15.8 Å². The molecule has 32 heavy (non-hydrogen) atoms. The zero-order chi connectivity index (χ0) is 22.2. The Morgan fingerprint density at radius 1 is 1.03 bits per heavy atom. The zero-order valence-electron chi connectivity index (χ0n) is 18.3. The Kier molecular flexibility index (Phi) is 5.53. The van der Waals surface area contributed by atoms with Crippen molar-refractivity contribution < 1.29 is 4.79 Å². The number of aromatic nitrogens is 2. The van der Waals surface area contributed by atoms with Crippen LogP contribution in [0.15, 0.2) is 59.4 Å². The first-order valence-electron chi connectivity index (χ1n) is 11.0. The molecule has 1 saturated heterocycles. The third-order valence-corrected chi connectivity index (χ3v) is 7.54. The Morgan fingerprint density at radius 2 is 1.72 bits per heavy atom. The molecule has 2 aromatic heterocycles. The lowest BCUT2D eigenvalue weighted by atomic mass is 10.1. The van der Waals surface area contributed by atoms with Crippen molar-refractivity contribution >= 4 is 37.4 Å². The summed E-state index contributed by atoms with van der Waals surface area (Å²) in [4.78, 5) is 30.9. The highest BCUT2D eigenvalue weighted by Gasteiger charge is 2.28. The summed E-state index contributed by atoms with van der Waals surface area (Å²) < 4.78 is 3.35. The highest BCUT2D eigenvalue weighted by Crippen LogP contribution is 2.33. The minimum Gasteiger partial charge on any atom is -0.338 e. The van der Waals surface area contributed by atoms with Crippen LogP contribution in [0, 0.1) is 6.92 Å². The Labute approximate surface area is 190 Å². The van der Waals surface area contributed by atoms with Crippen molar-refractivity contribution in [2.45, 2.75) is 26.4 Å². The van der Waals surface area contributed by atoms with E-state index in [-0.39, 0.29) is 11.5 Å². The molecule has 1 atom stereocenters. The van der Waals surface area contributed by atoms with E-state index < -0.39 is 6.04 Å². The molecule has 2 aromatic carbocycles. The standard InChI is InChI=1S/C25H26N4O2S/c1-17-23-22(20-10-6-7-11-21(20)32-23)25(31)29(26-17)18(2)24(30)28-14-12-27(13-15-28)16-19-8-4-3-5-9-19/h3-11,18H,12-16H2,1-2H3/t18-/m0/s1. The summed E-state index contributed by atoms with van der Waals surface area (Å²) in [5, 5.41) is 6.15. The highest BCUT2D eigenvalue weighted by atomic mass is 32.1. The first kappa shape index (κ1) is 20.8. The van der Waals surface area contributed by atoms with Crippen molar-refractivity contribution in [3.8, 4) is 0 Å². The predicted octanol–water partition coefficient (Wildman–Crippen LogP) is 3.83. The van der Waals surface area contributed by atoms with Crippen molar-refractivity contribution in [2.75, 3.05) is 26.2 Å². The summed E-state index contributed by atoms with van der Waals surface area (Å²) in [7, 11) is 0. The second-order valence-electron chi connectivity index (χ2n) is 8.40. The molecule has 164 valence electrons. The second kappa shape index (κ2) is 8.48. The summed E-state index contributed by atoms with van der Waals surface area (Å²) in [6.07, 6.45) is 0. The van der Waals surface area contributed by atoms with Crippen LogP contribution in [0.4, 0.5) is 0 Å². The van der Waals surface area contributed by atoms with Gasteiger partial charge in [-0.1, -0.05) is 48.5 Å². The number of fused-ring (bicyclic) bond motifs is 3. The van der Waals surface area contributed by atoms with Crippen LogP contribution < -0.4 is 5.56 Å². The van der Waals surface area contributed by atoms with Crippen molar-refractivity contribution in [3.63, 3.8) is 0 Å². The second-order valence-corrected chi connectivity index (χ2v) is 9.45. The summed E-state index contributed by atoms with van der Waals surface area (Å²) in [5.74, 6) is -0.0442. The fourth-order valence-electron chi connectivity index (χ4n) is 4.48. The van der Waals surface area contributed by atoms with Crippen LogP contribution in [0.2, 0.25) is 0 Å². The van der Waals surface area contributed by atoms with Gasteiger partial charge in [-0.05, 0) is 25.5 Å². The fraction of sp³-hybridized carbons (Fsp3) is 0.320. The molecule has 5 rings (SSSR count). The lowest BCUT2D eigenvalue weighted by molar-refractivity contribution is -0.136. The monoisotopic (exact) mass is 446 g/mol. The highest BCUT2D eigenvalue weighted by molar-refractivity contribution is 7.26. The minimum absolute atomic E-state index is 0.0442. The van der Waals surface area contributed by atoms with Gasteiger partial charge in [0.2, 0.25) is 5.91 Å². The van der Waals surface area contributed by atoms with Gasteiger partial charge in [-0.25, -0.2) is 4.68 Å². The zero-order valence-corrected chi connectivity index (χ0v) is 19.1. The van der Waals surface area contributed by atoms with E-state index in [2.05, 4.69) is 34.3 Å². The van der Waals surface area contributed by atoms with Gasteiger partial charge in [0, 0.05) is 42.8 Å². The topological polar surface area (TPSA) is 58.4 Å². The molecule has 0 radical (unpaired) electrons. The maximum atomic E-state index is 13.4. The van der Waals surface area contributed by atoms with Crippen LogP contribution in [0.1, 0.15) is 24.2 Å². The third-order valence-electron chi connectivity index (χ3n) is 6.26. The van der Waals surface area contributed by atoms with Crippen LogP contribution in [0.5, 0.6) is 0 Å². The van der Waals surface area contributed by atoms with E-state index in [0.717, 1.165) is 40.1 Å². The number of carbonyl (C=O) groups excluding carboxylic acids is 1. The molecule has 1 fully saturated rings. The number of carbonyl (C=O) groups is 1. The third kappa shape index (κ3) is 3.72. The molecule has 3 heterocycles. The molecule has 1 aliphatic heterocycles. The molecular formula is C25H26N4O2S. The lowest BCUT2D eigenvalue weighted by Crippen LogP contribution is -2.50. The number of thiophene rings is 1. The van der Waals surface area contributed by atoms with Crippen molar-refractivity contribution in [3.05, 3.63) is 76.2 Å². The molecule has 1 amide bonds. The summed E-state index contributed by atoms with van der Waals surface area (Å²) >= 11 is 1.58. The van der Waals surface area contributed by atoms with Crippen molar-refractivity contribution in [2.24, 2.45) is 0 Å². The maximum absolute atomic E-state index is 13.4. The first-order chi connectivity index (χ1) is 15.5. The van der Waals surface area contributed by atoms with Gasteiger partial charge < -0.3 is 4.90 Å². The molecular weight excluding hydrogens is 420 g/mol. The normalized spacial score (nSPS) is 16.0. The van der Waals surface area contributed by atoms with Gasteiger partial charge in [0.1, 0.15) is 6.04 Å². The van der Waals surface area contributed by atoms with E-state index in [1.807, 2.05) is 42.2 Å². The van der Waals surface area contributed by atoms with E-state index in [4.69, 9.17) is 0 Å². The fourth-order valence-corrected chi connectivity index (χ4v) is 5.61. The number of nitrogens with zero attached hydrogens (tertiary/aromatic N) is 4. The Morgan fingerprint density at radius 3 is 2.47 bits per heavy atom. The maximum Gasteiger partial charge on any atom is 0.276 e. The molecule has 1 aliphatic rings. The average Bonchev–Trinajstić information content (AvgIpc) is 3.22. The van der Waals surface area contributed by atoms with Crippen LogP contribution in [-0.2, 0) is 11.3 Å². The van der Waals surface area contributed by atoms with E-state index in [9.17, 15) is 9.59 Å². The average molecular weight is 447 g/mol. The van der Waals surface area contributed by atoms with Gasteiger partial charge in [-0.15, -0.1) is 11.3 Å². The van der Waals surface area contributed by atoms with E-state index >= 15 is 0 Å². The number of aryl methyl sites for hydroxylation is 1. The molecule has 0 bridgehead atoms. The Bertz CT molecular complexity index is 1340. The van der Waals surface area contributed by atoms with Crippen LogP contribution >= 0.6 is 11.3 Å². The quantitative estimate of drug-likeness (QED) is 0.478. The van der Waals surface area contributed by atoms with E-state index in [1.165, 1.54) is 10.2 Å². The van der Waals surface area contributed by atoms with Gasteiger partial charge in [-0.2, -0.15) is 5.10 Å². The molecule has 6 nitrogen and oxygen atoms in total. The van der Waals surface area contributed by atoms with Crippen molar-refractivity contribution in [1.82, 2.24) is 19.6 Å². The number of piperazine rings is 1. The van der Waals surface area contributed by atoms with Crippen LogP contribution in [0.25, 0.3) is 20.2 Å². The largest absolute Gasteiger partial charge is 0.338 e. The summed E-state index contributed by atoms with van der Waals surface area (Å²) in [6.45, 7) is 7.55. The predicted molar refractivity (Wildman–Crippen MR) is 129 cm³/mol. The van der Waals surface area contributed by atoms with Crippen LogP contribution in [-0.4, -0.2) is 51.7 Å². The molecule has 0 N–H and O–H groups in total. The number of benzene rings is 2. The molecule has 0 spiro atoms. The van der Waals surface area contributed by atoms with Gasteiger partial charge in [0.15, 0.2) is 0 Å². The Balaban J connectivity index is 1.36. The number of amides is 1. The SMILES string of the molecule is Cc1nn([C@@H](C)C(=O)N2CCN(Cc3ccccc3)CC2)c(=O)c2c1sc1ccccc12. The van der Waals surface area contributed by atoms with Gasteiger partial charge in [0.25, 0.3) is 5.56 Å². The summed E-state index contributed by atoms with van der Waals surface area (Å²) in [6, 6.07) is 17.7. The minimum atomic E-state index is -0.634. The van der Waals surface area contributed by atoms with Gasteiger partial charge in [-0.3, -0.25) is 14.5 Å². The molecule has 7 heteroatoms. The Hall–Kier alpha value is -3.03. The summed E-state index contributed by atoms with van der Waals surface area (Å²) in [5.41, 5.74) is 1.88. The molecule has 4 aromatic rings. The lowest BCUT2D eigenvalue weighted by Gasteiger charge is -2.36. The molecule has 0 saturated carbocycles. The smallest absolute Gasteiger partial charge is 0.276 e. The van der Waals surface area contributed by atoms with Crippen molar-refractivity contribution in [1.29, 1.82) is 0 Å². The first-order valence-corrected chi connectivity index (χ1v) is 11.8. The van der Waals surface area contributed by atoms with Crippen LogP contribution in [0.3, 0.4) is 0 Å².